The Morgan fingerprint density at radius 2 is 1.68 bits per heavy atom. The molecule has 3 nitrogen and oxygen atoms in total. The third kappa shape index (κ3) is 2.56. The number of anilines is 2. The van der Waals surface area contributed by atoms with Crippen molar-refractivity contribution in [3.05, 3.63) is 84.5 Å². The monoisotopic (exact) mass is 365 g/mol. The van der Waals surface area contributed by atoms with E-state index in [2.05, 4.69) is 90.9 Å². The Kier molecular flexibility index (Phi) is 3.87. The average molecular weight is 365 g/mol. The lowest BCUT2D eigenvalue weighted by Gasteiger charge is -2.24. The molecule has 4 heteroatoms. The molecule has 136 valence electrons. The minimum atomic E-state index is 0.199. The van der Waals surface area contributed by atoms with Gasteiger partial charge in [-0.2, -0.15) is 0 Å². The maximum Gasteiger partial charge on any atom is 0.406 e. The molecule has 0 saturated carbocycles. The third-order valence-corrected chi connectivity index (χ3v) is 5.57. The number of para-hydroxylation sites is 1. The molecule has 0 saturated heterocycles. The maximum atomic E-state index is 6.37. The summed E-state index contributed by atoms with van der Waals surface area (Å²) in [5, 5.41) is 1.17. The summed E-state index contributed by atoms with van der Waals surface area (Å²) in [5.41, 5.74) is 5.81. The second kappa shape index (κ2) is 6.41. The van der Waals surface area contributed by atoms with Crippen LogP contribution in [-0.4, -0.2) is 6.85 Å². The zero-order chi connectivity index (χ0) is 19.3. The van der Waals surface area contributed by atoms with Crippen molar-refractivity contribution in [3.63, 3.8) is 0 Å². The lowest BCUT2D eigenvalue weighted by atomic mass is 9.59. The van der Waals surface area contributed by atoms with Gasteiger partial charge in [-0.25, -0.2) is 4.57 Å². The van der Waals surface area contributed by atoms with Gasteiger partial charge in [-0.3, -0.25) is 4.81 Å². The predicted molar refractivity (Wildman–Crippen MR) is 117 cm³/mol. The van der Waals surface area contributed by atoms with Crippen molar-refractivity contribution in [3.8, 4) is 11.1 Å². The Bertz CT molecular complexity index is 1210. The topological polar surface area (TPSA) is 20.3 Å². The van der Waals surface area contributed by atoms with Crippen LogP contribution in [0.5, 0.6) is 0 Å². The van der Waals surface area contributed by atoms with Crippen LogP contribution in [-0.2, 0) is 7.05 Å². The molecule has 0 unspecified atom stereocenters. The molecule has 3 heterocycles. The van der Waals surface area contributed by atoms with Crippen LogP contribution in [0.1, 0.15) is 12.5 Å². The minimum absolute atomic E-state index is 0.199. The third-order valence-electron chi connectivity index (χ3n) is 5.57. The van der Waals surface area contributed by atoms with Crippen LogP contribution in [0.3, 0.4) is 0 Å². The van der Waals surface area contributed by atoms with Crippen molar-refractivity contribution in [2.24, 2.45) is 7.05 Å². The summed E-state index contributed by atoms with van der Waals surface area (Å²) >= 11 is 0. The van der Waals surface area contributed by atoms with Gasteiger partial charge in [0.25, 0.3) is 11.7 Å². The van der Waals surface area contributed by atoms with Gasteiger partial charge in [0.05, 0.1) is 18.8 Å². The molecule has 1 aliphatic rings. The van der Waals surface area contributed by atoms with Crippen LogP contribution in [0.25, 0.3) is 27.7 Å². The number of benzene rings is 2. The van der Waals surface area contributed by atoms with Crippen molar-refractivity contribution in [1.82, 2.24) is 0 Å². The van der Waals surface area contributed by atoms with Crippen molar-refractivity contribution in [1.29, 1.82) is 0 Å². The highest BCUT2D eigenvalue weighted by molar-refractivity contribution is 6.70. The number of hydrogen-bond acceptors (Lipinski definition) is 2. The molecule has 0 atom stereocenters. The molecule has 0 bridgehead atoms. The van der Waals surface area contributed by atoms with Crippen LogP contribution in [0.2, 0.25) is 6.82 Å². The van der Waals surface area contributed by atoms with E-state index >= 15 is 0 Å². The Hall–Kier alpha value is -3.27. The summed E-state index contributed by atoms with van der Waals surface area (Å²) in [6.07, 6.45) is 2.12. The van der Waals surface area contributed by atoms with E-state index in [1.165, 1.54) is 27.6 Å². The molecule has 2 aromatic carbocycles. The first-order valence-corrected chi connectivity index (χ1v) is 9.68. The van der Waals surface area contributed by atoms with E-state index in [0.29, 0.717) is 0 Å². The van der Waals surface area contributed by atoms with Crippen LogP contribution in [0.15, 0.2) is 83.3 Å². The van der Waals surface area contributed by atoms with E-state index in [-0.39, 0.29) is 6.85 Å². The fourth-order valence-electron chi connectivity index (χ4n) is 4.21. The van der Waals surface area contributed by atoms with Gasteiger partial charge in [-0.1, -0.05) is 54.5 Å². The molecular weight excluding hydrogens is 343 g/mol. The van der Waals surface area contributed by atoms with Crippen LogP contribution in [0.4, 0.5) is 11.7 Å². The van der Waals surface area contributed by atoms with Crippen LogP contribution in [0, 0.1) is 0 Å². The van der Waals surface area contributed by atoms with E-state index in [1.54, 1.807) is 0 Å². The lowest BCUT2D eigenvalue weighted by Crippen LogP contribution is -2.43. The number of furan rings is 1. The van der Waals surface area contributed by atoms with Crippen molar-refractivity contribution >= 4 is 35.1 Å². The first-order chi connectivity index (χ1) is 13.6. The summed E-state index contributed by atoms with van der Waals surface area (Å²) < 4.78 is 8.53. The Morgan fingerprint density at radius 3 is 2.50 bits per heavy atom. The summed E-state index contributed by atoms with van der Waals surface area (Å²) in [5.74, 6) is 4.35. The maximum absolute atomic E-state index is 6.37. The Labute approximate surface area is 165 Å². The Morgan fingerprint density at radius 1 is 0.929 bits per heavy atom. The summed E-state index contributed by atoms with van der Waals surface area (Å²) in [4.78, 5) is 2.30. The van der Waals surface area contributed by atoms with Gasteiger partial charge in [0.2, 0.25) is 0 Å². The summed E-state index contributed by atoms with van der Waals surface area (Å²) in [6, 6.07) is 23.2. The van der Waals surface area contributed by atoms with Gasteiger partial charge in [-0.05, 0) is 42.6 Å². The van der Waals surface area contributed by atoms with E-state index in [9.17, 15) is 0 Å². The molecule has 0 amide bonds. The standard InChI is InChI=1S/C24H22BN2O/c1-17-16-25(2)27(24-23(17)20-11-7-8-12-21(20)28-24)22-15-19(13-14-26(22)3)18-9-5-4-6-10-18/h4-16H,1-3H3/q+1. The van der Waals surface area contributed by atoms with Crippen molar-refractivity contribution < 1.29 is 8.98 Å². The number of nitrogens with zero attached hydrogens (tertiary/aromatic N) is 2. The largest absolute Gasteiger partial charge is 0.423 e. The fraction of sp³-hybridized carbons (Fsp3) is 0.125. The highest BCUT2D eigenvalue weighted by Crippen LogP contribution is 2.43. The van der Waals surface area contributed by atoms with Crippen molar-refractivity contribution in [2.45, 2.75) is 13.7 Å². The first kappa shape index (κ1) is 16.9. The molecule has 2 aromatic heterocycles. The van der Waals surface area contributed by atoms with E-state index in [1.807, 2.05) is 18.2 Å². The molecule has 0 N–H and O–H groups in total. The van der Waals surface area contributed by atoms with Gasteiger partial charge in [-0.15, -0.1) is 0 Å². The number of aromatic nitrogens is 1. The quantitative estimate of drug-likeness (QED) is 0.338. The summed E-state index contributed by atoms with van der Waals surface area (Å²) in [6.45, 7) is 4.59. The van der Waals surface area contributed by atoms with Gasteiger partial charge in [0, 0.05) is 11.5 Å². The summed E-state index contributed by atoms with van der Waals surface area (Å²) in [7, 11) is 2.09. The fourth-order valence-corrected chi connectivity index (χ4v) is 4.21. The zero-order valence-electron chi connectivity index (χ0n) is 16.4. The molecule has 0 radical (unpaired) electrons. The van der Waals surface area contributed by atoms with E-state index in [4.69, 9.17) is 4.42 Å². The first-order valence-electron chi connectivity index (χ1n) is 9.68. The molecule has 4 aromatic rings. The molecule has 28 heavy (non-hydrogen) atoms. The molecular formula is C24H22BN2O+. The number of hydrogen-bond donors (Lipinski definition) is 0. The van der Waals surface area contributed by atoms with Crippen LogP contribution < -0.4 is 9.38 Å². The lowest BCUT2D eigenvalue weighted by molar-refractivity contribution is -0.658. The van der Waals surface area contributed by atoms with Crippen molar-refractivity contribution in [2.75, 3.05) is 4.81 Å². The number of allylic oxidation sites excluding steroid dienone is 1. The smallest absolute Gasteiger partial charge is 0.406 e. The Balaban J connectivity index is 1.72. The van der Waals surface area contributed by atoms with Gasteiger partial charge >= 0.3 is 6.85 Å². The molecule has 1 aliphatic heterocycles. The number of fused-ring (bicyclic) bond motifs is 3. The molecule has 0 fully saturated rings. The normalized spacial score (nSPS) is 13.6. The molecule has 5 rings (SSSR count). The highest BCUT2D eigenvalue weighted by Gasteiger charge is 2.39. The average Bonchev–Trinajstić information content (AvgIpc) is 3.09. The SMILES string of the molecule is CB1C=C(C)c2c(oc3ccccc23)N1c1cc(-c2ccccc2)cc[n+]1C. The van der Waals surface area contributed by atoms with E-state index < -0.39 is 0 Å². The number of pyridine rings is 1. The number of rotatable bonds is 2. The highest BCUT2D eigenvalue weighted by atomic mass is 16.4. The van der Waals surface area contributed by atoms with Gasteiger partial charge < -0.3 is 4.42 Å². The molecule has 0 aliphatic carbocycles. The predicted octanol–water partition coefficient (Wildman–Crippen LogP) is 5.64. The minimum Gasteiger partial charge on any atom is -0.423 e. The zero-order valence-corrected chi connectivity index (χ0v) is 16.4. The van der Waals surface area contributed by atoms with Gasteiger partial charge in [0.1, 0.15) is 5.58 Å². The second-order valence-electron chi connectivity index (χ2n) is 7.49. The van der Waals surface area contributed by atoms with E-state index in [0.717, 1.165) is 17.3 Å². The number of aryl methyl sites for hydroxylation is 1. The second-order valence-corrected chi connectivity index (χ2v) is 7.49. The molecule has 0 spiro atoms. The van der Waals surface area contributed by atoms with Crippen LogP contribution >= 0.6 is 0 Å². The van der Waals surface area contributed by atoms with Gasteiger partial charge in [0.15, 0.2) is 0 Å².